The molecule has 64 heavy (non-hydrogen) atoms. The third-order valence-electron chi connectivity index (χ3n) is 10.00. The Bertz CT molecular complexity index is 1700. The number of amides is 3. The zero-order chi connectivity index (χ0) is 45.4. The molecular formula is C49H84BN6O8. The van der Waals surface area contributed by atoms with E-state index in [1.54, 1.807) is 4.90 Å². The number of carbonyl (C=O) groups excluding carboxylic acids is 5. The molecule has 3 radical (unpaired) electrons. The zero-order valence-electron chi connectivity index (χ0n) is 39.4. The molecule has 2 aromatic carbocycles. The van der Waals surface area contributed by atoms with Crippen molar-refractivity contribution in [3.8, 4) is 0 Å². The average molecular weight is 897 g/mol. The molecule has 4 saturated heterocycles. The minimum Gasteiger partial charge on any atom is -0.444 e. The lowest BCUT2D eigenvalue weighted by Gasteiger charge is -2.26. The Morgan fingerprint density at radius 3 is 1.50 bits per heavy atom. The number of benzene rings is 2. The van der Waals surface area contributed by atoms with Gasteiger partial charge in [0.25, 0.3) is 0 Å². The first kappa shape index (κ1) is 59.5. The van der Waals surface area contributed by atoms with Crippen molar-refractivity contribution >= 4 is 38.3 Å². The molecule has 4 heterocycles. The minimum atomic E-state index is -0.483. The first-order valence-corrected chi connectivity index (χ1v) is 21.6. The molecule has 0 bridgehead atoms. The molecule has 4 aliphatic rings. The smallest absolute Gasteiger partial charge is 0.410 e. The molecule has 0 aliphatic carbocycles. The van der Waals surface area contributed by atoms with Crippen molar-refractivity contribution in [2.75, 3.05) is 66.5 Å². The molecule has 0 saturated carbocycles. The van der Waals surface area contributed by atoms with Crippen LogP contribution in [0.4, 0.5) is 14.4 Å². The molecule has 0 spiro atoms. The number of carbonyl (C=O) groups is 5. The van der Waals surface area contributed by atoms with Crippen LogP contribution in [-0.4, -0.2) is 158 Å². The molecule has 361 valence electrons. The lowest BCUT2D eigenvalue weighted by molar-refractivity contribution is -0.117. The van der Waals surface area contributed by atoms with E-state index in [-0.39, 0.29) is 49.2 Å². The molecule has 2 aromatic rings. The van der Waals surface area contributed by atoms with Gasteiger partial charge in [0, 0.05) is 87.1 Å². The lowest BCUT2D eigenvalue weighted by atomic mass is 10.1. The van der Waals surface area contributed by atoms with Crippen LogP contribution in [0.25, 0.3) is 0 Å². The zero-order valence-corrected chi connectivity index (χ0v) is 39.4. The standard InChI is InChI=1S/C17H26N2O2.C11H13NO.C10H20N2O2.C9H15NO3.2CH4.B.H2/c1-17(2,3)21-16(20)19-11-10-15(13-19)18(4)12-14-8-6-5-7-9-14;13-11-6-7-12(9-11)8-10-4-2-1-3-5-10;1-10(2,3)14-9(13)12-6-5-8(7-12)11-4;1-9(2,3)13-8(12)10-5-4-7(11)6-10;;;;/h5-9,15H,10-13H2,1-4H3;1-5H,6-9H2;8,11H,5-7H2,1-4H3;4-6H2,1-3H3;2*1H4;;1H/i;;;;;;;1+1. The summed E-state index contributed by atoms with van der Waals surface area (Å²) in [6.07, 6.45) is 2.41. The van der Waals surface area contributed by atoms with Crippen molar-refractivity contribution in [2.45, 2.75) is 145 Å². The van der Waals surface area contributed by atoms with Gasteiger partial charge in [-0.25, -0.2) is 14.4 Å². The molecule has 4 aliphatic heterocycles. The summed E-state index contributed by atoms with van der Waals surface area (Å²) in [5, 5.41) is 3.16. The fourth-order valence-corrected chi connectivity index (χ4v) is 6.86. The van der Waals surface area contributed by atoms with Crippen molar-refractivity contribution in [2.24, 2.45) is 0 Å². The largest absolute Gasteiger partial charge is 0.444 e. The number of Topliss-reactive ketones (excluding diaryl/α,β-unsaturated/α-hetero) is 2. The molecule has 4 fully saturated rings. The summed E-state index contributed by atoms with van der Waals surface area (Å²) in [6.45, 7) is 23.9. The molecule has 15 heteroatoms. The number of ketones is 2. The number of hydrogen-bond acceptors (Lipinski definition) is 11. The van der Waals surface area contributed by atoms with Gasteiger partial charge in [0.15, 0.2) is 5.78 Å². The fraction of sp³-hybridized carbons (Fsp3) is 0.653. The van der Waals surface area contributed by atoms with Gasteiger partial charge in [-0.05, 0) is 100 Å². The van der Waals surface area contributed by atoms with Gasteiger partial charge in [0.1, 0.15) is 22.6 Å². The van der Waals surface area contributed by atoms with Crippen LogP contribution >= 0.6 is 0 Å². The average Bonchev–Trinajstić information content (AvgIpc) is 4.00. The quantitative estimate of drug-likeness (QED) is 0.222. The van der Waals surface area contributed by atoms with Crippen molar-refractivity contribution in [1.29, 1.82) is 0 Å². The highest BCUT2D eigenvalue weighted by Gasteiger charge is 2.32. The van der Waals surface area contributed by atoms with E-state index < -0.39 is 22.9 Å². The SMILES string of the molecule is C.C.CC(C)(C)OC(=O)N1CCC(=O)C1.CN(Cc1ccccc1)C1CCN(C(=O)OC(C)(C)C)C1.CNC1CCN(C(=O)OC(C)(C)C)C1.O=C1CCN(Cc2ccccc2)C1.[2HH].[B]. The third kappa shape index (κ3) is 23.5. The first-order valence-electron chi connectivity index (χ1n) is 21.6. The van der Waals surface area contributed by atoms with Gasteiger partial charge >= 0.3 is 18.3 Å². The van der Waals surface area contributed by atoms with Crippen LogP contribution < -0.4 is 5.32 Å². The van der Waals surface area contributed by atoms with E-state index >= 15 is 0 Å². The van der Waals surface area contributed by atoms with Gasteiger partial charge in [-0.15, -0.1) is 0 Å². The summed E-state index contributed by atoms with van der Waals surface area (Å²) in [5.41, 5.74) is 1.29. The number of nitrogens with zero attached hydrogens (tertiary/aromatic N) is 5. The van der Waals surface area contributed by atoms with Gasteiger partial charge in [-0.2, -0.15) is 0 Å². The van der Waals surface area contributed by atoms with Crippen LogP contribution in [0.2, 0.25) is 0 Å². The first-order chi connectivity index (χ1) is 28.5. The van der Waals surface area contributed by atoms with E-state index in [0.717, 1.165) is 65.1 Å². The molecule has 2 unspecified atom stereocenters. The topological polar surface area (TPSA) is 141 Å². The van der Waals surface area contributed by atoms with Gasteiger partial charge in [0.2, 0.25) is 0 Å². The van der Waals surface area contributed by atoms with E-state index in [9.17, 15) is 24.0 Å². The van der Waals surface area contributed by atoms with Crippen LogP contribution in [0.15, 0.2) is 60.7 Å². The Kier molecular flexibility index (Phi) is 25.8. The minimum absolute atomic E-state index is 0. The van der Waals surface area contributed by atoms with Gasteiger partial charge in [-0.3, -0.25) is 19.4 Å². The van der Waals surface area contributed by atoms with Crippen molar-refractivity contribution in [1.82, 2.24) is 29.8 Å². The van der Waals surface area contributed by atoms with Crippen LogP contribution in [-0.2, 0) is 36.9 Å². The second-order valence-electron chi connectivity index (χ2n) is 19.1. The molecule has 3 amide bonds. The maximum atomic E-state index is 12.1. The highest BCUT2D eigenvalue weighted by molar-refractivity contribution is 5.87. The number of hydrogen-bond donors (Lipinski definition) is 1. The van der Waals surface area contributed by atoms with Crippen LogP contribution in [0.3, 0.4) is 0 Å². The summed E-state index contributed by atoms with van der Waals surface area (Å²) in [7, 11) is 4.04. The summed E-state index contributed by atoms with van der Waals surface area (Å²) in [4.78, 5) is 66.4. The molecule has 0 aromatic heterocycles. The predicted octanol–water partition coefficient (Wildman–Crippen LogP) is 8.14. The highest BCUT2D eigenvalue weighted by atomic mass is 16.6. The van der Waals surface area contributed by atoms with E-state index in [1.165, 1.54) is 16.0 Å². The van der Waals surface area contributed by atoms with Crippen LogP contribution in [0.5, 0.6) is 0 Å². The Morgan fingerprint density at radius 2 is 1.08 bits per heavy atom. The van der Waals surface area contributed by atoms with Crippen LogP contribution in [0, 0.1) is 0 Å². The summed E-state index contributed by atoms with van der Waals surface area (Å²) < 4.78 is 15.8. The van der Waals surface area contributed by atoms with Gasteiger partial charge in [-0.1, -0.05) is 75.5 Å². The van der Waals surface area contributed by atoms with Crippen molar-refractivity contribution in [3.63, 3.8) is 0 Å². The number of likely N-dealkylation sites (tertiary alicyclic amines) is 4. The number of likely N-dealkylation sites (N-methyl/N-ethyl adjacent to an activating group) is 2. The van der Waals surface area contributed by atoms with E-state index in [1.807, 2.05) is 98.5 Å². The summed E-state index contributed by atoms with van der Waals surface area (Å²) in [6, 6.07) is 21.5. The molecular weight excluding hydrogens is 811 g/mol. The van der Waals surface area contributed by atoms with Crippen LogP contribution in [0.1, 0.15) is 115 Å². The Morgan fingerprint density at radius 1 is 0.641 bits per heavy atom. The normalized spacial score (nSPS) is 18.5. The van der Waals surface area contributed by atoms with E-state index in [4.69, 9.17) is 14.2 Å². The molecule has 6 rings (SSSR count). The Labute approximate surface area is 389 Å². The lowest BCUT2D eigenvalue weighted by Crippen LogP contribution is -2.38. The van der Waals surface area contributed by atoms with Crippen molar-refractivity contribution < 1.29 is 39.6 Å². The number of ether oxygens (including phenoxy) is 3. The van der Waals surface area contributed by atoms with Gasteiger partial charge < -0.3 is 34.2 Å². The van der Waals surface area contributed by atoms with E-state index in [0.29, 0.717) is 37.4 Å². The Balaban J connectivity index is 0. The van der Waals surface area contributed by atoms with Crippen molar-refractivity contribution in [3.05, 3.63) is 71.8 Å². The molecule has 2 atom stereocenters. The molecule has 14 nitrogen and oxygen atoms in total. The summed E-state index contributed by atoms with van der Waals surface area (Å²) >= 11 is 0. The second-order valence-corrected chi connectivity index (χ2v) is 19.1. The fourth-order valence-electron chi connectivity index (χ4n) is 6.86. The monoisotopic (exact) mass is 897 g/mol. The second kappa shape index (κ2) is 27.8. The van der Waals surface area contributed by atoms with E-state index in [2.05, 4.69) is 58.6 Å². The highest BCUT2D eigenvalue weighted by Crippen LogP contribution is 2.20. The molecule has 1 N–H and O–H groups in total. The predicted molar refractivity (Wildman–Crippen MR) is 259 cm³/mol. The number of nitrogens with one attached hydrogen (secondary N) is 1. The number of rotatable bonds is 6. The summed E-state index contributed by atoms with van der Waals surface area (Å²) in [5.74, 6) is 0.474. The third-order valence-corrected chi connectivity index (χ3v) is 10.00. The maximum Gasteiger partial charge on any atom is 0.410 e. The maximum absolute atomic E-state index is 12.1. The van der Waals surface area contributed by atoms with Gasteiger partial charge in [0.05, 0.1) is 13.1 Å². The Hall–Kier alpha value is -4.47.